The number of nitrogens with zero attached hydrogens (tertiary/aromatic N) is 3. The lowest BCUT2D eigenvalue weighted by atomic mass is 10.3. The number of hydrogen-bond donors (Lipinski definition) is 1. The van der Waals surface area contributed by atoms with E-state index in [1.807, 2.05) is 11.6 Å². The molecule has 0 unspecified atom stereocenters. The molecule has 0 amide bonds. The number of imidazole rings is 1. The van der Waals surface area contributed by atoms with Gasteiger partial charge >= 0.3 is 0 Å². The van der Waals surface area contributed by atoms with Crippen LogP contribution in [0.4, 0.5) is 10.1 Å². The van der Waals surface area contributed by atoms with Crippen molar-refractivity contribution in [1.29, 1.82) is 0 Å². The molecule has 4 nitrogen and oxygen atoms in total. The predicted octanol–water partition coefficient (Wildman–Crippen LogP) is 2.36. The SMILES string of the molecule is Cn1c(-c2ncccc2N)nc2cc(F)ccc21. The highest BCUT2D eigenvalue weighted by Crippen LogP contribution is 2.26. The number of hydrogen-bond acceptors (Lipinski definition) is 3. The fourth-order valence-electron chi connectivity index (χ4n) is 1.99. The zero-order valence-corrected chi connectivity index (χ0v) is 9.76. The van der Waals surface area contributed by atoms with Crippen LogP contribution in [0.5, 0.6) is 0 Å². The second kappa shape index (κ2) is 3.80. The van der Waals surface area contributed by atoms with Crippen molar-refractivity contribution in [1.82, 2.24) is 14.5 Å². The molecular weight excluding hydrogens is 231 g/mol. The molecule has 2 aromatic heterocycles. The Morgan fingerprint density at radius 2 is 2.11 bits per heavy atom. The van der Waals surface area contributed by atoms with Crippen LogP contribution in [-0.4, -0.2) is 14.5 Å². The van der Waals surface area contributed by atoms with Crippen LogP contribution >= 0.6 is 0 Å². The molecule has 0 radical (unpaired) electrons. The van der Waals surface area contributed by atoms with Crippen LogP contribution in [0.1, 0.15) is 0 Å². The minimum absolute atomic E-state index is 0.304. The average Bonchev–Trinajstić information content (AvgIpc) is 2.67. The Bertz CT molecular complexity index is 733. The number of benzene rings is 1. The van der Waals surface area contributed by atoms with Gasteiger partial charge in [0.15, 0.2) is 5.82 Å². The first-order chi connectivity index (χ1) is 8.66. The summed E-state index contributed by atoms with van der Waals surface area (Å²) < 4.78 is 15.0. The molecule has 0 atom stereocenters. The van der Waals surface area contributed by atoms with Gasteiger partial charge in [0.2, 0.25) is 0 Å². The van der Waals surface area contributed by atoms with E-state index in [-0.39, 0.29) is 5.82 Å². The van der Waals surface area contributed by atoms with E-state index in [1.54, 1.807) is 24.4 Å². The lowest BCUT2D eigenvalue weighted by Crippen LogP contribution is -1.98. The molecule has 0 aliphatic rings. The van der Waals surface area contributed by atoms with Crippen LogP contribution in [0.3, 0.4) is 0 Å². The van der Waals surface area contributed by atoms with Gasteiger partial charge in [-0.1, -0.05) is 0 Å². The van der Waals surface area contributed by atoms with E-state index in [4.69, 9.17) is 5.73 Å². The molecule has 0 fully saturated rings. The number of nitrogen functional groups attached to an aromatic ring is 1. The fourth-order valence-corrected chi connectivity index (χ4v) is 1.99. The summed E-state index contributed by atoms with van der Waals surface area (Å²) in [5.41, 5.74) is 8.48. The van der Waals surface area contributed by atoms with Gasteiger partial charge < -0.3 is 10.3 Å². The van der Waals surface area contributed by atoms with Crippen LogP contribution in [-0.2, 0) is 7.05 Å². The first-order valence-electron chi connectivity index (χ1n) is 5.49. The maximum atomic E-state index is 13.2. The number of halogens is 1. The molecule has 0 aliphatic carbocycles. The Balaban J connectivity index is 2.31. The normalized spacial score (nSPS) is 11.0. The number of pyridine rings is 1. The Hall–Kier alpha value is -2.43. The van der Waals surface area contributed by atoms with Gasteiger partial charge in [-0.05, 0) is 24.3 Å². The highest BCUT2D eigenvalue weighted by atomic mass is 19.1. The van der Waals surface area contributed by atoms with Gasteiger partial charge in [-0.15, -0.1) is 0 Å². The highest BCUT2D eigenvalue weighted by molar-refractivity contribution is 5.82. The number of fused-ring (bicyclic) bond motifs is 1. The number of anilines is 1. The highest BCUT2D eigenvalue weighted by Gasteiger charge is 2.13. The van der Waals surface area contributed by atoms with Crippen LogP contribution in [0, 0.1) is 5.82 Å². The van der Waals surface area contributed by atoms with Crippen LogP contribution < -0.4 is 5.73 Å². The maximum Gasteiger partial charge on any atom is 0.161 e. The summed E-state index contributed by atoms with van der Waals surface area (Å²) in [6.07, 6.45) is 1.66. The summed E-state index contributed by atoms with van der Waals surface area (Å²) in [4.78, 5) is 8.61. The van der Waals surface area contributed by atoms with E-state index in [2.05, 4.69) is 9.97 Å². The first kappa shape index (κ1) is 10.7. The van der Waals surface area contributed by atoms with E-state index in [0.717, 1.165) is 5.52 Å². The van der Waals surface area contributed by atoms with Gasteiger partial charge in [-0.3, -0.25) is 4.98 Å². The summed E-state index contributed by atoms with van der Waals surface area (Å²) >= 11 is 0. The van der Waals surface area contributed by atoms with Crippen molar-refractivity contribution in [2.45, 2.75) is 0 Å². The monoisotopic (exact) mass is 242 g/mol. The smallest absolute Gasteiger partial charge is 0.161 e. The molecule has 1 aromatic carbocycles. The van der Waals surface area contributed by atoms with Crippen molar-refractivity contribution >= 4 is 16.7 Å². The molecule has 18 heavy (non-hydrogen) atoms. The summed E-state index contributed by atoms with van der Waals surface area (Å²) in [6, 6.07) is 8.04. The number of nitrogens with two attached hydrogens (primary N) is 1. The standard InChI is InChI=1S/C13H11FN4/c1-18-11-5-4-8(14)7-10(11)17-13(18)12-9(15)3-2-6-16-12/h2-7H,15H2,1H3. The maximum absolute atomic E-state index is 13.2. The van der Waals surface area contributed by atoms with E-state index < -0.39 is 0 Å². The number of rotatable bonds is 1. The van der Waals surface area contributed by atoms with Crippen LogP contribution in [0.15, 0.2) is 36.5 Å². The van der Waals surface area contributed by atoms with Gasteiger partial charge in [0.1, 0.15) is 11.5 Å². The van der Waals surface area contributed by atoms with Gasteiger partial charge in [0, 0.05) is 19.3 Å². The minimum Gasteiger partial charge on any atom is -0.397 e. The molecule has 0 spiro atoms. The van der Waals surface area contributed by atoms with Gasteiger partial charge in [-0.2, -0.15) is 0 Å². The topological polar surface area (TPSA) is 56.7 Å². The van der Waals surface area contributed by atoms with Crippen molar-refractivity contribution in [3.63, 3.8) is 0 Å². The Kier molecular flexibility index (Phi) is 2.26. The third kappa shape index (κ3) is 1.52. The molecule has 0 saturated carbocycles. The predicted molar refractivity (Wildman–Crippen MR) is 68.3 cm³/mol. The molecule has 0 aliphatic heterocycles. The lowest BCUT2D eigenvalue weighted by molar-refractivity contribution is 0.629. The summed E-state index contributed by atoms with van der Waals surface area (Å²) in [5.74, 6) is 0.329. The van der Waals surface area contributed by atoms with Crippen LogP contribution in [0.25, 0.3) is 22.6 Å². The molecule has 3 rings (SSSR count). The largest absolute Gasteiger partial charge is 0.397 e. The molecule has 3 aromatic rings. The van der Waals surface area contributed by atoms with Crippen molar-refractivity contribution in [3.8, 4) is 11.5 Å². The van der Waals surface area contributed by atoms with E-state index in [1.165, 1.54) is 12.1 Å². The average molecular weight is 242 g/mol. The second-order valence-electron chi connectivity index (χ2n) is 4.07. The van der Waals surface area contributed by atoms with Crippen molar-refractivity contribution in [2.24, 2.45) is 7.05 Å². The quantitative estimate of drug-likeness (QED) is 0.712. The van der Waals surface area contributed by atoms with Crippen molar-refractivity contribution in [3.05, 3.63) is 42.3 Å². The van der Waals surface area contributed by atoms with E-state index >= 15 is 0 Å². The molecule has 2 N–H and O–H groups in total. The fraction of sp³-hybridized carbons (Fsp3) is 0.0769. The second-order valence-corrected chi connectivity index (χ2v) is 4.07. The molecule has 5 heteroatoms. The number of aryl methyl sites for hydroxylation is 1. The molecular formula is C13H11FN4. The Morgan fingerprint density at radius 3 is 2.89 bits per heavy atom. The molecule has 0 saturated heterocycles. The number of aromatic nitrogens is 3. The van der Waals surface area contributed by atoms with E-state index in [0.29, 0.717) is 22.7 Å². The first-order valence-corrected chi connectivity index (χ1v) is 5.49. The molecule has 90 valence electrons. The van der Waals surface area contributed by atoms with Crippen molar-refractivity contribution in [2.75, 3.05) is 5.73 Å². The molecule has 2 heterocycles. The van der Waals surface area contributed by atoms with E-state index in [9.17, 15) is 4.39 Å². The summed E-state index contributed by atoms with van der Waals surface area (Å²) in [6.45, 7) is 0. The van der Waals surface area contributed by atoms with Gasteiger partial charge in [-0.25, -0.2) is 9.37 Å². The van der Waals surface area contributed by atoms with Gasteiger partial charge in [0.05, 0.1) is 16.7 Å². The molecule has 0 bridgehead atoms. The van der Waals surface area contributed by atoms with Crippen LogP contribution in [0.2, 0.25) is 0 Å². The third-order valence-electron chi connectivity index (χ3n) is 2.89. The third-order valence-corrected chi connectivity index (χ3v) is 2.89. The minimum atomic E-state index is -0.304. The van der Waals surface area contributed by atoms with Crippen molar-refractivity contribution < 1.29 is 4.39 Å². The zero-order valence-electron chi connectivity index (χ0n) is 9.76. The lowest BCUT2D eigenvalue weighted by Gasteiger charge is -2.03. The Morgan fingerprint density at radius 1 is 1.28 bits per heavy atom. The summed E-state index contributed by atoms with van der Waals surface area (Å²) in [7, 11) is 1.86. The summed E-state index contributed by atoms with van der Waals surface area (Å²) in [5, 5.41) is 0. The Labute approximate surface area is 103 Å². The van der Waals surface area contributed by atoms with Gasteiger partial charge in [0.25, 0.3) is 0 Å². The zero-order chi connectivity index (χ0) is 12.7.